The number of hydrogen-bond donors (Lipinski definition) is 1. The molecule has 1 fully saturated rings. The van der Waals surface area contributed by atoms with Crippen LogP contribution < -0.4 is 5.32 Å². The summed E-state index contributed by atoms with van der Waals surface area (Å²) in [5, 5.41) is 3.26. The van der Waals surface area contributed by atoms with Gasteiger partial charge in [-0.3, -0.25) is 0 Å². The first-order chi connectivity index (χ1) is 6.83. The molecule has 1 unspecified atom stereocenters. The molecule has 1 aliphatic heterocycles. The molecule has 0 aromatic heterocycles. The van der Waals surface area contributed by atoms with E-state index in [0.29, 0.717) is 0 Å². The molecule has 0 saturated carbocycles. The van der Waals surface area contributed by atoms with Gasteiger partial charge in [0.25, 0.3) is 5.92 Å². The SMILES string of the molecule is CC(C)(C)C(F)(F)CC1CCCNCC1. The van der Waals surface area contributed by atoms with Crippen LogP contribution in [0.2, 0.25) is 0 Å². The Balaban J connectivity index is 2.51. The second-order valence-corrected chi connectivity index (χ2v) is 5.71. The zero-order chi connectivity index (χ0) is 11.5. The van der Waals surface area contributed by atoms with Crippen molar-refractivity contribution in [1.82, 2.24) is 5.32 Å². The zero-order valence-electron chi connectivity index (χ0n) is 10.1. The van der Waals surface area contributed by atoms with Crippen molar-refractivity contribution in [2.75, 3.05) is 13.1 Å². The quantitative estimate of drug-likeness (QED) is 0.750. The lowest BCUT2D eigenvalue weighted by atomic mass is 9.80. The fourth-order valence-corrected chi connectivity index (χ4v) is 1.96. The van der Waals surface area contributed by atoms with Crippen molar-refractivity contribution in [2.24, 2.45) is 11.3 Å². The van der Waals surface area contributed by atoms with Crippen molar-refractivity contribution >= 4 is 0 Å². The molecular weight excluding hydrogens is 196 g/mol. The topological polar surface area (TPSA) is 12.0 Å². The van der Waals surface area contributed by atoms with Crippen LogP contribution in [0.4, 0.5) is 8.78 Å². The minimum atomic E-state index is -2.54. The lowest BCUT2D eigenvalue weighted by Crippen LogP contribution is -2.36. The highest BCUT2D eigenvalue weighted by Gasteiger charge is 2.44. The third-order valence-corrected chi connectivity index (χ3v) is 3.34. The van der Waals surface area contributed by atoms with E-state index in [9.17, 15) is 8.78 Å². The zero-order valence-corrected chi connectivity index (χ0v) is 10.1. The Morgan fingerprint density at radius 1 is 1.13 bits per heavy atom. The predicted molar refractivity (Wildman–Crippen MR) is 59.2 cm³/mol. The molecule has 1 nitrogen and oxygen atoms in total. The molecule has 0 amide bonds. The normalized spacial score (nSPS) is 25.0. The van der Waals surface area contributed by atoms with Gasteiger partial charge in [-0.2, -0.15) is 0 Å². The number of alkyl halides is 2. The van der Waals surface area contributed by atoms with E-state index in [4.69, 9.17) is 0 Å². The molecule has 0 aromatic rings. The average molecular weight is 219 g/mol. The van der Waals surface area contributed by atoms with E-state index in [0.717, 1.165) is 32.4 Å². The third-order valence-electron chi connectivity index (χ3n) is 3.34. The highest BCUT2D eigenvalue weighted by atomic mass is 19.3. The molecule has 1 rings (SSSR count). The first-order valence-electron chi connectivity index (χ1n) is 5.91. The smallest absolute Gasteiger partial charge is 0.253 e. The van der Waals surface area contributed by atoms with E-state index in [1.54, 1.807) is 20.8 Å². The highest BCUT2D eigenvalue weighted by molar-refractivity contribution is 4.84. The first-order valence-corrected chi connectivity index (χ1v) is 5.91. The fraction of sp³-hybridized carbons (Fsp3) is 1.00. The summed E-state index contributed by atoms with van der Waals surface area (Å²) in [5.74, 6) is -2.35. The van der Waals surface area contributed by atoms with Crippen molar-refractivity contribution in [1.29, 1.82) is 0 Å². The maximum absolute atomic E-state index is 13.8. The van der Waals surface area contributed by atoms with Crippen LogP contribution in [-0.2, 0) is 0 Å². The molecule has 0 spiro atoms. The van der Waals surface area contributed by atoms with Crippen molar-refractivity contribution in [3.8, 4) is 0 Å². The number of hydrogen-bond acceptors (Lipinski definition) is 1. The van der Waals surface area contributed by atoms with E-state index in [2.05, 4.69) is 5.32 Å². The van der Waals surface area contributed by atoms with Gasteiger partial charge in [0.05, 0.1) is 0 Å². The van der Waals surface area contributed by atoms with Crippen LogP contribution >= 0.6 is 0 Å². The van der Waals surface area contributed by atoms with Gasteiger partial charge in [0.2, 0.25) is 0 Å². The van der Waals surface area contributed by atoms with Crippen LogP contribution in [-0.4, -0.2) is 19.0 Å². The molecule has 0 radical (unpaired) electrons. The third kappa shape index (κ3) is 3.71. The van der Waals surface area contributed by atoms with Gasteiger partial charge in [-0.15, -0.1) is 0 Å². The van der Waals surface area contributed by atoms with Gasteiger partial charge in [0.1, 0.15) is 0 Å². The standard InChI is InChI=1S/C12H23F2N/c1-11(2,3)12(13,14)9-10-5-4-7-15-8-6-10/h10,15H,4-9H2,1-3H3. The van der Waals surface area contributed by atoms with E-state index in [1.165, 1.54) is 0 Å². The number of nitrogens with one attached hydrogen (secondary N) is 1. The lowest BCUT2D eigenvalue weighted by Gasteiger charge is -2.33. The summed E-state index contributed by atoms with van der Waals surface area (Å²) in [4.78, 5) is 0. The molecule has 0 bridgehead atoms. The van der Waals surface area contributed by atoms with Gasteiger partial charge in [-0.05, 0) is 38.3 Å². The monoisotopic (exact) mass is 219 g/mol. The molecule has 0 aliphatic carbocycles. The maximum Gasteiger partial charge on any atom is 0.253 e. The van der Waals surface area contributed by atoms with E-state index in [1.807, 2.05) is 0 Å². The minimum absolute atomic E-state index is 0.0538. The second-order valence-electron chi connectivity index (χ2n) is 5.71. The number of rotatable bonds is 2. The van der Waals surface area contributed by atoms with Gasteiger partial charge >= 0.3 is 0 Å². The summed E-state index contributed by atoms with van der Waals surface area (Å²) < 4.78 is 27.7. The summed E-state index contributed by atoms with van der Waals surface area (Å²) >= 11 is 0. The Hall–Kier alpha value is -0.180. The highest BCUT2D eigenvalue weighted by Crippen LogP contribution is 2.42. The van der Waals surface area contributed by atoms with Crippen LogP contribution in [0, 0.1) is 11.3 Å². The van der Waals surface area contributed by atoms with Crippen molar-refractivity contribution in [3.63, 3.8) is 0 Å². The molecule has 0 aromatic carbocycles. The van der Waals surface area contributed by atoms with Crippen LogP contribution in [0.3, 0.4) is 0 Å². The summed E-state index contributed by atoms with van der Waals surface area (Å²) in [5.41, 5.74) is -0.910. The maximum atomic E-state index is 13.8. The Kier molecular flexibility index (Phi) is 4.10. The van der Waals surface area contributed by atoms with Crippen LogP contribution in [0.25, 0.3) is 0 Å². The summed E-state index contributed by atoms with van der Waals surface area (Å²) in [6, 6.07) is 0. The lowest BCUT2D eigenvalue weighted by molar-refractivity contribution is -0.114. The van der Waals surface area contributed by atoms with E-state index in [-0.39, 0.29) is 12.3 Å². The summed E-state index contributed by atoms with van der Waals surface area (Å²) in [6.45, 7) is 6.76. The molecule has 1 aliphatic rings. The Morgan fingerprint density at radius 2 is 1.80 bits per heavy atom. The first kappa shape index (κ1) is 12.9. The molecule has 1 heterocycles. The van der Waals surface area contributed by atoms with Crippen LogP contribution in [0.15, 0.2) is 0 Å². The summed E-state index contributed by atoms with van der Waals surface area (Å²) in [7, 11) is 0. The minimum Gasteiger partial charge on any atom is -0.317 e. The van der Waals surface area contributed by atoms with E-state index < -0.39 is 11.3 Å². The molecule has 15 heavy (non-hydrogen) atoms. The Labute approximate surface area is 91.6 Å². The molecule has 1 saturated heterocycles. The molecular formula is C12H23F2N. The largest absolute Gasteiger partial charge is 0.317 e. The Morgan fingerprint density at radius 3 is 2.40 bits per heavy atom. The van der Waals surface area contributed by atoms with Gasteiger partial charge in [0.15, 0.2) is 0 Å². The Bertz CT molecular complexity index is 188. The second kappa shape index (κ2) is 4.77. The molecule has 3 heteroatoms. The number of halogens is 2. The van der Waals surface area contributed by atoms with Gasteiger partial charge in [0, 0.05) is 11.8 Å². The average Bonchev–Trinajstić information content (AvgIpc) is 2.30. The molecule has 1 N–H and O–H groups in total. The molecule has 90 valence electrons. The van der Waals surface area contributed by atoms with Crippen molar-refractivity contribution in [2.45, 2.75) is 52.4 Å². The predicted octanol–water partition coefficient (Wildman–Crippen LogP) is 3.45. The van der Waals surface area contributed by atoms with Gasteiger partial charge in [-0.25, -0.2) is 8.78 Å². The summed E-state index contributed by atoms with van der Waals surface area (Å²) in [6.07, 6.45) is 2.92. The van der Waals surface area contributed by atoms with Gasteiger partial charge in [-0.1, -0.05) is 20.8 Å². The molecule has 1 atom stereocenters. The van der Waals surface area contributed by atoms with Crippen LogP contribution in [0.1, 0.15) is 46.5 Å². The van der Waals surface area contributed by atoms with Crippen molar-refractivity contribution < 1.29 is 8.78 Å². The van der Waals surface area contributed by atoms with Gasteiger partial charge < -0.3 is 5.32 Å². The van der Waals surface area contributed by atoms with E-state index >= 15 is 0 Å². The fourth-order valence-electron chi connectivity index (χ4n) is 1.96. The van der Waals surface area contributed by atoms with Crippen LogP contribution in [0.5, 0.6) is 0 Å². The van der Waals surface area contributed by atoms with Crippen molar-refractivity contribution in [3.05, 3.63) is 0 Å².